The second-order valence-corrected chi connectivity index (χ2v) is 5.10. The summed E-state index contributed by atoms with van der Waals surface area (Å²) in [5.74, 6) is -1.39. The second-order valence-electron chi connectivity index (χ2n) is 5.10. The predicted octanol–water partition coefficient (Wildman–Crippen LogP) is 2.49. The zero-order valence-corrected chi connectivity index (χ0v) is 13.8. The van der Waals surface area contributed by atoms with Crippen LogP contribution in [0.15, 0.2) is 48.5 Å². The van der Waals surface area contributed by atoms with E-state index in [1.165, 1.54) is 19.2 Å². The van der Waals surface area contributed by atoms with Crippen molar-refractivity contribution in [2.24, 2.45) is 0 Å². The van der Waals surface area contributed by atoms with Gasteiger partial charge < -0.3 is 20.1 Å². The quantitative estimate of drug-likeness (QED) is 0.567. The van der Waals surface area contributed by atoms with Crippen molar-refractivity contribution in [1.82, 2.24) is 5.32 Å². The van der Waals surface area contributed by atoms with E-state index in [-0.39, 0.29) is 18.0 Å². The molecule has 25 heavy (non-hydrogen) atoms. The van der Waals surface area contributed by atoms with Gasteiger partial charge in [0, 0.05) is 19.3 Å². The fourth-order valence-electron chi connectivity index (χ4n) is 2.01. The van der Waals surface area contributed by atoms with Crippen molar-refractivity contribution in [2.75, 3.05) is 32.2 Å². The van der Waals surface area contributed by atoms with Crippen LogP contribution >= 0.6 is 0 Å². The molecule has 0 unspecified atom stereocenters. The van der Waals surface area contributed by atoms with Gasteiger partial charge in [-0.05, 0) is 36.4 Å². The first kappa shape index (κ1) is 18.4. The number of rotatable bonds is 8. The molecule has 0 aliphatic carbocycles. The molecule has 7 heteroatoms. The standard InChI is InChI=1S/C18H19FN2O4/c1-24-11-10-20-17(22)12-25-18(23)15-4-2-3-5-16(15)21-14-8-6-13(19)7-9-14/h2-9,21H,10-12H2,1H3,(H,20,22). The normalized spacial score (nSPS) is 10.2. The van der Waals surface area contributed by atoms with Crippen LogP contribution in [-0.4, -0.2) is 38.7 Å². The molecule has 0 aromatic heterocycles. The molecule has 2 N–H and O–H groups in total. The minimum absolute atomic E-state index is 0.275. The fourth-order valence-corrected chi connectivity index (χ4v) is 2.01. The average molecular weight is 346 g/mol. The van der Waals surface area contributed by atoms with Crippen LogP contribution in [0.25, 0.3) is 0 Å². The average Bonchev–Trinajstić information content (AvgIpc) is 2.62. The summed E-state index contributed by atoms with van der Waals surface area (Å²) >= 11 is 0. The maximum absolute atomic E-state index is 13.0. The fraction of sp³-hybridized carbons (Fsp3) is 0.222. The monoisotopic (exact) mass is 346 g/mol. The number of carbonyl (C=O) groups excluding carboxylic acids is 2. The van der Waals surface area contributed by atoms with Gasteiger partial charge in [0.1, 0.15) is 5.82 Å². The molecular weight excluding hydrogens is 327 g/mol. The zero-order valence-electron chi connectivity index (χ0n) is 13.8. The summed E-state index contributed by atoms with van der Waals surface area (Å²) in [6, 6.07) is 12.4. The number of hydrogen-bond acceptors (Lipinski definition) is 5. The highest BCUT2D eigenvalue weighted by Gasteiger charge is 2.14. The molecule has 1 amide bonds. The number of benzene rings is 2. The second kappa shape index (κ2) is 9.39. The van der Waals surface area contributed by atoms with Crippen molar-refractivity contribution in [2.45, 2.75) is 0 Å². The molecule has 6 nitrogen and oxygen atoms in total. The minimum atomic E-state index is -0.632. The summed E-state index contributed by atoms with van der Waals surface area (Å²) in [4.78, 5) is 23.8. The molecule has 0 spiro atoms. The number of methoxy groups -OCH3 is 1. The van der Waals surface area contributed by atoms with Gasteiger partial charge in [-0.25, -0.2) is 9.18 Å². The lowest BCUT2D eigenvalue weighted by Gasteiger charge is -2.12. The smallest absolute Gasteiger partial charge is 0.340 e. The van der Waals surface area contributed by atoms with Gasteiger partial charge in [0.05, 0.1) is 17.9 Å². The number of hydrogen-bond donors (Lipinski definition) is 2. The molecule has 2 aromatic rings. The van der Waals surface area contributed by atoms with E-state index in [1.807, 2.05) is 0 Å². The van der Waals surface area contributed by atoms with E-state index < -0.39 is 11.9 Å². The van der Waals surface area contributed by atoms with Crippen LogP contribution in [0.1, 0.15) is 10.4 Å². The molecule has 2 rings (SSSR count). The van der Waals surface area contributed by atoms with Gasteiger partial charge in [-0.3, -0.25) is 4.79 Å². The van der Waals surface area contributed by atoms with E-state index >= 15 is 0 Å². The first-order valence-corrected chi connectivity index (χ1v) is 7.64. The van der Waals surface area contributed by atoms with E-state index in [2.05, 4.69) is 10.6 Å². The van der Waals surface area contributed by atoms with Gasteiger partial charge in [-0.15, -0.1) is 0 Å². The summed E-state index contributed by atoms with van der Waals surface area (Å²) < 4.78 is 22.8. The first-order chi connectivity index (χ1) is 12.1. The Morgan fingerprint density at radius 1 is 1.08 bits per heavy atom. The van der Waals surface area contributed by atoms with Crippen molar-refractivity contribution in [3.05, 3.63) is 59.9 Å². The number of ether oxygens (including phenoxy) is 2. The van der Waals surface area contributed by atoms with Crippen molar-refractivity contribution >= 4 is 23.3 Å². The molecule has 132 valence electrons. The van der Waals surface area contributed by atoms with Crippen molar-refractivity contribution < 1.29 is 23.5 Å². The van der Waals surface area contributed by atoms with Gasteiger partial charge in [0.15, 0.2) is 6.61 Å². The maximum Gasteiger partial charge on any atom is 0.340 e. The molecule has 0 heterocycles. The highest BCUT2D eigenvalue weighted by molar-refractivity contribution is 5.97. The molecule has 0 aliphatic rings. The van der Waals surface area contributed by atoms with Gasteiger partial charge in [0.2, 0.25) is 0 Å². The number of amides is 1. The van der Waals surface area contributed by atoms with Crippen LogP contribution in [0.3, 0.4) is 0 Å². The summed E-state index contributed by atoms with van der Waals surface area (Å²) in [6.07, 6.45) is 0. The van der Waals surface area contributed by atoms with Crippen LogP contribution < -0.4 is 10.6 Å². The lowest BCUT2D eigenvalue weighted by Crippen LogP contribution is -2.31. The van der Waals surface area contributed by atoms with Crippen molar-refractivity contribution in [3.8, 4) is 0 Å². The van der Waals surface area contributed by atoms with E-state index in [0.29, 0.717) is 24.5 Å². The number of para-hydroxylation sites is 1. The Kier molecular flexibility index (Phi) is 6.91. The Labute approximate surface area is 144 Å². The third-order valence-electron chi connectivity index (χ3n) is 3.23. The molecule has 0 saturated heterocycles. The SMILES string of the molecule is COCCNC(=O)COC(=O)c1ccccc1Nc1ccc(F)cc1. The number of anilines is 2. The number of halogens is 1. The minimum Gasteiger partial charge on any atom is -0.452 e. The van der Waals surface area contributed by atoms with E-state index in [4.69, 9.17) is 9.47 Å². The molecule has 0 fully saturated rings. The van der Waals surface area contributed by atoms with Gasteiger partial charge in [0.25, 0.3) is 5.91 Å². The maximum atomic E-state index is 13.0. The summed E-state index contributed by atoms with van der Waals surface area (Å²) in [5.41, 5.74) is 1.40. The Morgan fingerprint density at radius 3 is 2.52 bits per heavy atom. The van der Waals surface area contributed by atoms with Gasteiger partial charge in [-0.2, -0.15) is 0 Å². The molecule has 0 bridgehead atoms. The Hall–Kier alpha value is -2.93. The summed E-state index contributed by atoms with van der Waals surface area (Å²) in [6.45, 7) is 0.340. The Balaban J connectivity index is 1.98. The van der Waals surface area contributed by atoms with Crippen LogP contribution in [0.2, 0.25) is 0 Å². The largest absolute Gasteiger partial charge is 0.452 e. The van der Waals surface area contributed by atoms with Crippen LogP contribution in [0, 0.1) is 5.82 Å². The van der Waals surface area contributed by atoms with Gasteiger partial charge in [-0.1, -0.05) is 12.1 Å². The zero-order chi connectivity index (χ0) is 18.1. The van der Waals surface area contributed by atoms with Crippen LogP contribution in [0.4, 0.5) is 15.8 Å². The lowest BCUT2D eigenvalue weighted by molar-refractivity contribution is -0.124. The van der Waals surface area contributed by atoms with E-state index in [9.17, 15) is 14.0 Å². The number of nitrogens with one attached hydrogen (secondary N) is 2. The molecule has 0 radical (unpaired) electrons. The number of carbonyl (C=O) groups is 2. The summed E-state index contributed by atoms with van der Waals surface area (Å²) in [5, 5.41) is 5.58. The highest BCUT2D eigenvalue weighted by atomic mass is 19.1. The molecule has 0 aliphatic heterocycles. The van der Waals surface area contributed by atoms with Crippen molar-refractivity contribution in [1.29, 1.82) is 0 Å². The third-order valence-corrected chi connectivity index (χ3v) is 3.23. The van der Waals surface area contributed by atoms with Crippen LogP contribution in [-0.2, 0) is 14.3 Å². The lowest BCUT2D eigenvalue weighted by atomic mass is 10.1. The Morgan fingerprint density at radius 2 is 1.80 bits per heavy atom. The molecule has 0 atom stereocenters. The Bertz CT molecular complexity index is 719. The predicted molar refractivity (Wildman–Crippen MR) is 91.3 cm³/mol. The molecule has 0 saturated carbocycles. The van der Waals surface area contributed by atoms with Gasteiger partial charge >= 0.3 is 5.97 Å². The number of esters is 1. The topological polar surface area (TPSA) is 76.7 Å². The molecular formula is C18H19FN2O4. The van der Waals surface area contributed by atoms with Crippen molar-refractivity contribution in [3.63, 3.8) is 0 Å². The first-order valence-electron chi connectivity index (χ1n) is 7.64. The summed E-state index contributed by atoms with van der Waals surface area (Å²) in [7, 11) is 1.53. The van der Waals surface area contributed by atoms with E-state index in [1.54, 1.807) is 36.4 Å². The molecule has 2 aromatic carbocycles. The van der Waals surface area contributed by atoms with Crippen LogP contribution in [0.5, 0.6) is 0 Å². The van der Waals surface area contributed by atoms with E-state index in [0.717, 1.165) is 0 Å². The highest BCUT2D eigenvalue weighted by Crippen LogP contribution is 2.21. The third kappa shape index (κ3) is 5.89.